The summed E-state index contributed by atoms with van der Waals surface area (Å²) in [4.78, 5) is 10.8. The van der Waals surface area contributed by atoms with Crippen molar-refractivity contribution in [3.63, 3.8) is 0 Å². The van der Waals surface area contributed by atoms with Crippen LogP contribution in [-0.2, 0) is 10.2 Å². The van der Waals surface area contributed by atoms with Crippen molar-refractivity contribution in [2.24, 2.45) is 0 Å². The van der Waals surface area contributed by atoms with E-state index >= 15 is 0 Å². The quantitative estimate of drug-likeness (QED) is 0.844. The van der Waals surface area contributed by atoms with Crippen molar-refractivity contribution in [3.8, 4) is 0 Å². The van der Waals surface area contributed by atoms with E-state index < -0.39 is 17.0 Å². The van der Waals surface area contributed by atoms with Crippen LogP contribution in [0.4, 0.5) is 8.78 Å². The van der Waals surface area contributed by atoms with Gasteiger partial charge in [0.25, 0.3) is 0 Å². The minimum absolute atomic E-state index is 0.171. The van der Waals surface area contributed by atoms with Crippen LogP contribution in [0.5, 0.6) is 0 Å². The molecule has 0 aliphatic rings. The summed E-state index contributed by atoms with van der Waals surface area (Å²) >= 11 is 0. The molecule has 1 aromatic carbocycles. The second kappa shape index (κ2) is 4.60. The van der Waals surface area contributed by atoms with Gasteiger partial charge >= 0.3 is 0 Å². The number of hydrogen-bond donors (Lipinski definition) is 1. The number of amides is 1. The molecule has 1 rings (SSSR count). The number of benzene rings is 1. The maximum absolute atomic E-state index is 13.5. The average molecular weight is 227 g/mol. The molecule has 0 aromatic heterocycles. The van der Waals surface area contributed by atoms with Gasteiger partial charge in [-0.3, -0.25) is 4.79 Å². The van der Waals surface area contributed by atoms with Gasteiger partial charge in [0.1, 0.15) is 11.6 Å². The minimum atomic E-state index is -0.600. The third kappa shape index (κ3) is 3.02. The number of halogens is 2. The van der Waals surface area contributed by atoms with Crippen molar-refractivity contribution in [2.75, 3.05) is 6.54 Å². The third-order valence-corrected chi connectivity index (χ3v) is 2.44. The van der Waals surface area contributed by atoms with E-state index in [0.29, 0.717) is 12.1 Å². The Kier molecular flexibility index (Phi) is 3.62. The Morgan fingerprint density at radius 2 is 2.00 bits per heavy atom. The second-order valence-corrected chi connectivity index (χ2v) is 4.42. The van der Waals surface area contributed by atoms with Gasteiger partial charge in [-0.05, 0) is 11.6 Å². The highest BCUT2D eigenvalue weighted by Gasteiger charge is 2.24. The zero-order chi connectivity index (χ0) is 12.3. The summed E-state index contributed by atoms with van der Waals surface area (Å²) in [5, 5.41) is 2.63. The first kappa shape index (κ1) is 12.6. The molecule has 1 aromatic rings. The Bertz CT molecular complexity index is 402. The van der Waals surface area contributed by atoms with E-state index in [0.717, 1.165) is 6.07 Å². The van der Waals surface area contributed by atoms with Gasteiger partial charge in [-0.15, -0.1) is 0 Å². The lowest BCUT2D eigenvalue weighted by molar-refractivity contribution is -0.119. The second-order valence-electron chi connectivity index (χ2n) is 4.42. The summed E-state index contributed by atoms with van der Waals surface area (Å²) in [6.45, 7) is 5.29. The van der Waals surface area contributed by atoms with Gasteiger partial charge in [0.15, 0.2) is 0 Å². The molecule has 0 saturated carbocycles. The molecule has 16 heavy (non-hydrogen) atoms. The van der Waals surface area contributed by atoms with Crippen LogP contribution in [0.3, 0.4) is 0 Å². The first-order chi connectivity index (χ1) is 7.33. The Labute approximate surface area is 93.7 Å². The van der Waals surface area contributed by atoms with E-state index in [9.17, 15) is 13.6 Å². The van der Waals surface area contributed by atoms with E-state index in [1.807, 2.05) is 0 Å². The molecule has 0 heterocycles. The normalized spacial score (nSPS) is 11.3. The number of carbonyl (C=O) groups is 1. The number of nitrogens with one attached hydrogen (secondary N) is 1. The van der Waals surface area contributed by atoms with Crippen molar-refractivity contribution in [1.29, 1.82) is 0 Å². The molecule has 0 saturated heterocycles. The van der Waals surface area contributed by atoms with E-state index in [1.54, 1.807) is 13.8 Å². The highest BCUT2D eigenvalue weighted by Crippen LogP contribution is 2.25. The molecular formula is C12H15F2NO. The van der Waals surface area contributed by atoms with Crippen LogP contribution in [0.2, 0.25) is 0 Å². The van der Waals surface area contributed by atoms with Gasteiger partial charge in [0.05, 0.1) is 0 Å². The topological polar surface area (TPSA) is 29.1 Å². The fraction of sp³-hybridized carbons (Fsp3) is 0.417. The molecule has 0 fully saturated rings. The SMILES string of the molecule is CC(=O)NCC(C)(C)c1ccc(F)cc1F. The average Bonchev–Trinajstić information content (AvgIpc) is 2.14. The van der Waals surface area contributed by atoms with Gasteiger partial charge < -0.3 is 5.32 Å². The molecular weight excluding hydrogens is 212 g/mol. The first-order valence-corrected chi connectivity index (χ1v) is 5.03. The standard InChI is InChI=1S/C12H15F2NO/c1-8(16)15-7-12(2,3)10-5-4-9(13)6-11(10)14/h4-6H,7H2,1-3H3,(H,15,16). The van der Waals surface area contributed by atoms with Crippen LogP contribution in [0.15, 0.2) is 18.2 Å². The Balaban J connectivity index is 2.92. The fourth-order valence-electron chi connectivity index (χ4n) is 1.48. The highest BCUT2D eigenvalue weighted by atomic mass is 19.1. The third-order valence-electron chi connectivity index (χ3n) is 2.44. The lowest BCUT2D eigenvalue weighted by Gasteiger charge is -2.25. The van der Waals surface area contributed by atoms with Gasteiger partial charge in [0.2, 0.25) is 5.91 Å². The molecule has 4 heteroatoms. The molecule has 0 spiro atoms. The summed E-state index contributed by atoms with van der Waals surface area (Å²) in [6, 6.07) is 3.48. The molecule has 0 aliphatic carbocycles. The zero-order valence-electron chi connectivity index (χ0n) is 9.60. The van der Waals surface area contributed by atoms with Crippen molar-refractivity contribution in [2.45, 2.75) is 26.2 Å². The highest BCUT2D eigenvalue weighted by molar-refractivity contribution is 5.72. The summed E-state index contributed by atoms with van der Waals surface area (Å²) in [5.74, 6) is -1.36. The van der Waals surface area contributed by atoms with Crippen LogP contribution in [0.25, 0.3) is 0 Å². The Hall–Kier alpha value is -1.45. The molecule has 1 amide bonds. The van der Waals surface area contributed by atoms with Gasteiger partial charge in [-0.1, -0.05) is 19.9 Å². The van der Waals surface area contributed by atoms with Gasteiger partial charge in [-0.2, -0.15) is 0 Å². The fourth-order valence-corrected chi connectivity index (χ4v) is 1.48. The van der Waals surface area contributed by atoms with Crippen LogP contribution in [-0.4, -0.2) is 12.5 Å². The van der Waals surface area contributed by atoms with Crippen molar-refractivity contribution in [3.05, 3.63) is 35.4 Å². The zero-order valence-corrected chi connectivity index (χ0v) is 9.60. The number of rotatable bonds is 3. The predicted octanol–water partition coefficient (Wildman–Crippen LogP) is 2.38. The molecule has 2 nitrogen and oxygen atoms in total. The maximum atomic E-state index is 13.5. The van der Waals surface area contributed by atoms with E-state index in [2.05, 4.69) is 5.32 Å². The first-order valence-electron chi connectivity index (χ1n) is 5.03. The largest absolute Gasteiger partial charge is 0.355 e. The van der Waals surface area contributed by atoms with Gasteiger partial charge in [-0.25, -0.2) is 8.78 Å². The maximum Gasteiger partial charge on any atom is 0.216 e. The Morgan fingerprint density at radius 1 is 1.38 bits per heavy atom. The van der Waals surface area contributed by atoms with Crippen molar-refractivity contribution >= 4 is 5.91 Å². The van der Waals surface area contributed by atoms with E-state index in [1.165, 1.54) is 19.1 Å². The molecule has 0 radical (unpaired) electrons. The molecule has 0 unspecified atom stereocenters. The molecule has 88 valence electrons. The summed E-state index contributed by atoms with van der Waals surface area (Å²) < 4.78 is 26.3. The Morgan fingerprint density at radius 3 is 2.50 bits per heavy atom. The lowest BCUT2D eigenvalue weighted by atomic mass is 9.84. The van der Waals surface area contributed by atoms with Crippen LogP contribution >= 0.6 is 0 Å². The summed E-state index contributed by atoms with van der Waals surface area (Å²) in [6.07, 6.45) is 0. The molecule has 0 bridgehead atoms. The monoisotopic (exact) mass is 227 g/mol. The van der Waals surface area contributed by atoms with Crippen molar-refractivity contribution in [1.82, 2.24) is 5.32 Å². The number of hydrogen-bond acceptors (Lipinski definition) is 1. The van der Waals surface area contributed by atoms with Crippen LogP contribution < -0.4 is 5.32 Å². The predicted molar refractivity (Wildman–Crippen MR) is 58.1 cm³/mol. The molecule has 0 aliphatic heterocycles. The molecule has 0 atom stereocenters. The summed E-state index contributed by atoms with van der Waals surface area (Å²) in [5.41, 5.74) is -0.175. The smallest absolute Gasteiger partial charge is 0.216 e. The summed E-state index contributed by atoms with van der Waals surface area (Å²) in [7, 11) is 0. The molecule has 1 N–H and O–H groups in total. The minimum Gasteiger partial charge on any atom is -0.355 e. The van der Waals surface area contributed by atoms with Crippen molar-refractivity contribution < 1.29 is 13.6 Å². The lowest BCUT2D eigenvalue weighted by Crippen LogP contribution is -2.36. The number of carbonyl (C=O) groups excluding carboxylic acids is 1. The van der Waals surface area contributed by atoms with E-state index in [4.69, 9.17) is 0 Å². The van der Waals surface area contributed by atoms with E-state index in [-0.39, 0.29) is 5.91 Å². The van der Waals surface area contributed by atoms with Crippen LogP contribution in [0.1, 0.15) is 26.3 Å². The van der Waals surface area contributed by atoms with Crippen LogP contribution in [0, 0.1) is 11.6 Å². The van der Waals surface area contributed by atoms with Gasteiger partial charge in [0, 0.05) is 24.9 Å².